The summed E-state index contributed by atoms with van der Waals surface area (Å²) in [5.41, 5.74) is -0.710. The zero-order chi connectivity index (χ0) is 50.2. The number of carboxylic acids is 2. The number of hydrogen-bond acceptors (Lipinski definition) is 7. The highest BCUT2D eigenvalue weighted by molar-refractivity contribution is 6.11. The van der Waals surface area contributed by atoms with E-state index in [1.807, 2.05) is 26.0 Å². The van der Waals surface area contributed by atoms with Gasteiger partial charge in [-0.15, -0.1) is 0 Å². The first-order valence-corrected chi connectivity index (χ1v) is 20.6. The first-order chi connectivity index (χ1) is 31.7. The van der Waals surface area contributed by atoms with Crippen LogP contribution >= 0.6 is 0 Å². The normalized spacial score (nSPS) is 11.7. The van der Waals surface area contributed by atoms with Crippen molar-refractivity contribution in [3.05, 3.63) is 169 Å². The number of aromatic carboxylic acids is 2. The van der Waals surface area contributed by atoms with Crippen LogP contribution in [0, 0.1) is 34.6 Å². The molecule has 0 aromatic heterocycles. The van der Waals surface area contributed by atoms with Gasteiger partial charge in [0.2, 0.25) is 0 Å². The third-order valence-corrected chi connectivity index (χ3v) is 11.2. The smallest absolute Gasteiger partial charge is 0.420 e. The molecule has 68 heavy (non-hydrogen) atoms. The second-order valence-electron chi connectivity index (χ2n) is 16.6. The zero-order valence-electron chi connectivity index (χ0n) is 37.8. The maximum Gasteiger partial charge on any atom is 0.420 e. The Kier molecular flexibility index (Phi) is 13.7. The number of nitrogens with one attached hydrogen (secondary N) is 2. The molecule has 0 atom stereocenters. The van der Waals surface area contributed by atoms with Crippen LogP contribution in [0.1, 0.15) is 105 Å². The summed E-state index contributed by atoms with van der Waals surface area (Å²) in [7, 11) is 1.29. The third kappa shape index (κ3) is 10.6. The average Bonchev–Trinajstić information content (AvgIpc) is 3.25. The molecule has 0 heterocycles. The van der Waals surface area contributed by atoms with Gasteiger partial charge in [-0.25, -0.2) is 9.59 Å². The summed E-state index contributed by atoms with van der Waals surface area (Å²) >= 11 is 0. The van der Waals surface area contributed by atoms with E-state index in [0.29, 0.717) is 33.9 Å². The Morgan fingerprint density at radius 2 is 0.912 bits per heavy atom. The Labute approximate surface area is 386 Å². The summed E-state index contributed by atoms with van der Waals surface area (Å²) in [6.45, 7) is 12.2. The summed E-state index contributed by atoms with van der Waals surface area (Å²) in [6, 6.07) is 20.6. The Bertz CT molecular complexity index is 2970. The number of amides is 2. The van der Waals surface area contributed by atoms with Crippen molar-refractivity contribution in [3.63, 3.8) is 0 Å². The van der Waals surface area contributed by atoms with E-state index in [0.717, 1.165) is 53.6 Å². The van der Waals surface area contributed by atoms with Crippen LogP contribution in [-0.2, 0) is 17.8 Å². The Morgan fingerprint density at radius 3 is 1.32 bits per heavy atom. The predicted molar refractivity (Wildman–Crippen MR) is 240 cm³/mol. The lowest BCUT2D eigenvalue weighted by Gasteiger charge is -2.29. The van der Waals surface area contributed by atoms with Crippen LogP contribution in [-0.4, -0.2) is 41.0 Å². The summed E-state index contributed by atoms with van der Waals surface area (Å²) in [6.07, 6.45) is -9.63. The van der Waals surface area contributed by atoms with Gasteiger partial charge in [0.05, 0.1) is 27.8 Å². The second kappa shape index (κ2) is 18.8. The predicted octanol–water partition coefficient (Wildman–Crippen LogP) is 13.0. The fourth-order valence-corrected chi connectivity index (χ4v) is 7.59. The molecule has 6 aromatic carbocycles. The van der Waals surface area contributed by atoms with Gasteiger partial charge in [0.15, 0.2) is 0 Å². The molecule has 0 aliphatic rings. The van der Waals surface area contributed by atoms with Crippen molar-refractivity contribution in [2.24, 2.45) is 0 Å². The van der Waals surface area contributed by atoms with E-state index < -0.39 is 69.5 Å². The molecular weight excluding hydrogens is 899 g/mol. The van der Waals surface area contributed by atoms with Gasteiger partial charge in [0, 0.05) is 18.2 Å². The maximum absolute atomic E-state index is 14.7. The van der Waals surface area contributed by atoms with E-state index in [1.165, 1.54) is 31.3 Å². The fraction of sp³-hybridized carbons (Fsp3) is 0.216. The summed E-state index contributed by atoms with van der Waals surface area (Å²) in [5.74, 6) is -5.46. The molecule has 0 spiro atoms. The van der Waals surface area contributed by atoms with Crippen molar-refractivity contribution in [3.8, 4) is 34.5 Å². The van der Waals surface area contributed by atoms with Gasteiger partial charge in [-0.3, -0.25) is 9.59 Å². The number of anilines is 1. The van der Waals surface area contributed by atoms with Crippen LogP contribution in [0.4, 0.5) is 32.0 Å². The highest BCUT2D eigenvalue weighted by atomic mass is 19.4. The van der Waals surface area contributed by atoms with Crippen LogP contribution in [0.5, 0.6) is 34.5 Å². The molecule has 0 saturated carbocycles. The average molecular weight is 943 g/mol. The van der Waals surface area contributed by atoms with E-state index in [1.54, 1.807) is 46.8 Å². The molecule has 354 valence electrons. The van der Waals surface area contributed by atoms with Gasteiger partial charge >= 0.3 is 24.3 Å². The van der Waals surface area contributed by atoms with Crippen LogP contribution < -0.4 is 24.8 Å². The minimum Gasteiger partial charge on any atom is -0.478 e. The fourth-order valence-electron chi connectivity index (χ4n) is 7.59. The Hall–Kier alpha value is -7.82. The van der Waals surface area contributed by atoms with Crippen molar-refractivity contribution in [2.75, 3.05) is 12.4 Å². The quantitative estimate of drug-likeness (QED) is 0.0826. The number of carbonyl (C=O) groups excluding carboxylic acids is 2. The Morgan fingerprint density at radius 1 is 0.500 bits per heavy atom. The van der Waals surface area contributed by atoms with Crippen LogP contribution in [0.15, 0.2) is 97.1 Å². The molecule has 0 fully saturated rings. The number of hydrogen-bond donors (Lipinski definition) is 4. The molecule has 0 aliphatic heterocycles. The second-order valence-corrected chi connectivity index (χ2v) is 16.6. The highest BCUT2D eigenvalue weighted by Crippen LogP contribution is 2.45. The summed E-state index contributed by atoms with van der Waals surface area (Å²) < 4.78 is 103. The molecule has 2 amide bonds. The molecule has 11 nitrogen and oxygen atoms in total. The Balaban J connectivity index is 1.25. The van der Waals surface area contributed by atoms with E-state index in [-0.39, 0.29) is 45.6 Å². The number of carboxylic acid groups (broad SMARTS) is 2. The number of aryl methyl sites for hydroxylation is 5. The van der Waals surface area contributed by atoms with Crippen LogP contribution in [0.25, 0.3) is 0 Å². The van der Waals surface area contributed by atoms with Crippen LogP contribution in [0.2, 0.25) is 0 Å². The van der Waals surface area contributed by atoms with Crippen molar-refractivity contribution in [1.29, 1.82) is 0 Å². The molecule has 6 aromatic rings. The molecule has 0 unspecified atom stereocenters. The molecule has 0 saturated heterocycles. The molecular formula is C51H44F6N2O9. The van der Waals surface area contributed by atoms with Gasteiger partial charge in [-0.1, -0.05) is 49.7 Å². The van der Waals surface area contributed by atoms with E-state index in [2.05, 4.69) is 10.6 Å². The first-order valence-electron chi connectivity index (χ1n) is 20.6. The van der Waals surface area contributed by atoms with E-state index in [9.17, 15) is 55.7 Å². The topological polar surface area (TPSA) is 160 Å². The summed E-state index contributed by atoms with van der Waals surface area (Å²) in [4.78, 5) is 49.7. The van der Waals surface area contributed by atoms with Crippen molar-refractivity contribution < 1.29 is 69.9 Å². The largest absolute Gasteiger partial charge is 0.478 e. The van der Waals surface area contributed by atoms with Gasteiger partial charge < -0.3 is 35.1 Å². The lowest BCUT2D eigenvalue weighted by molar-refractivity contribution is -0.139. The SMILES string of the molecule is CNC(=O)c1cc(Oc2ccc(C(=O)O)c(C(=O)Nc3ccc(Oc4c(C)cc(C(C)(C)c5cc(C)c(Oc6ccc(C)cc6C(F)(F)F)c(C)c5)cc4C)c(C(F)(F)F)c3)c2)ccc1C(=O)O. The summed E-state index contributed by atoms with van der Waals surface area (Å²) in [5, 5.41) is 24.0. The number of halogens is 6. The van der Waals surface area contributed by atoms with Gasteiger partial charge in [0.1, 0.15) is 40.1 Å². The standard InChI is InChI=1S/C51H44F6N2O9/c1-25-9-15-41(39(17-25)50(52,53)54)67-43-26(2)18-30(19-27(43)3)49(6,7)31-20-28(4)44(29(5)21-31)68-42-16-10-32(22-40(42)51(55,56)57)59-46(61)38-24-34(12-14-36(38)48(64)65)66-33-11-13-35(47(62)63)37(23-33)45(60)58-8/h9-24H,1-8H3,(H,58,60)(H,59,61)(H,62,63)(H,64,65). The first kappa shape index (κ1) is 49.6. The number of carbonyl (C=O) groups is 4. The van der Waals surface area contributed by atoms with Crippen molar-refractivity contribution in [1.82, 2.24) is 5.32 Å². The van der Waals surface area contributed by atoms with Gasteiger partial charge in [0.25, 0.3) is 11.8 Å². The van der Waals surface area contributed by atoms with Crippen molar-refractivity contribution in [2.45, 2.75) is 66.2 Å². The number of alkyl halides is 6. The minimum absolute atomic E-state index is 0.0477. The van der Waals surface area contributed by atoms with E-state index >= 15 is 0 Å². The number of rotatable bonds is 13. The molecule has 17 heteroatoms. The maximum atomic E-state index is 14.7. The van der Waals surface area contributed by atoms with Gasteiger partial charge in [-0.2, -0.15) is 26.3 Å². The minimum atomic E-state index is -5.00. The van der Waals surface area contributed by atoms with Crippen LogP contribution in [0.3, 0.4) is 0 Å². The van der Waals surface area contributed by atoms with E-state index in [4.69, 9.17) is 14.2 Å². The van der Waals surface area contributed by atoms with Gasteiger partial charge in [-0.05, 0) is 135 Å². The zero-order valence-corrected chi connectivity index (χ0v) is 37.8. The monoisotopic (exact) mass is 942 g/mol. The molecule has 0 radical (unpaired) electrons. The lowest BCUT2D eigenvalue weighted by atomic mass is 9.76. The number of ether oxygens (including phenoxy) is 3. The molecule has 4 N–H and O–H groups in total. The highest BCUT2D eigenvalue weighted by Gasteiger charge is 2.37. The molecule has 0 aliphatic carbocycles. The molecule has 6 rings (SSSR count). The third-order valence-electron chi connectivity index (χ3n) is 11.2. The molecule has 0 bridgehead atoms. The number of benzene rings is 6. The lowest BCUT2D eigenvalue weighted by Crippen LogP contribution is -2.21. The van der Waals surface area contributed by atoms with Crippen molar-refractivity contribution >= 4 is 29.4 Å².